The van der Waals surface area contributed by atoms with Crippen LogP contribution in [0.15, 0.2) is 53.5 Å². The third-order valence-electron chi connectivity index (χ3n) is 4.74. The van der Waals surface area contributed by atoms with E-state index in [1.807, 2.05) is 42.5 Å². The van der Waals surface area contributed by atoms with Crippen LogP contribution in [0.1, 0.15) is 23.6 Å². The van der Waals surface area contributed by atoms with E-state index in [2.05, 4.69) is 21.7 Å². The Labute approximate surface area is 200 Å². The zero-order valence-electron chi connectivity index (χ0n) is 17.2. The molecule has 0 saturated carbocycles. The number of benzene rings is 2. The van der Waals surface area contributed by atoms with Crippen LogP contribution >= 0.6 is 35.6 Å². The van der Waals surface area contributed by atoms with Crippen LogP contribution < -0.4 is 15.4 Å². The quantitative estimate of drug-likeness (QED) is 0.332. The van der Waals surface area contributed by atoms with Crippen molar-refractivity contribution >= 4 is 47.4 Å². The summed E-state index contributed by atoms with van der Waals surface area (Å²) in [5.41, 5.74) is 2.24. The largest absolute Gasteiger partial charge is 0.493 e. The molecule has 0 spiro atoms. The molecule has 0 radical (unpaired) electrons. The molecule has 0 saturated heterocycles. The molecule has 8 heteroatoms. The first-order valence-corrected chi connectivity index (χ1v) is 10.1. The number of rotatable bonds is 6. The second-order valence-corrected chi connectivity index (χ2v) is 7.57. The average Bonchev–Trinajstić information content (AvgIpc) is 2.72. The molecule has 0 aromatic heterocycles. The lowest BCUT2D eigenvalue weighted by molar-refractivity contribution is -0.127. The summed E-state index contributed by atoms with van der Waals surface area (Å²) in [5, 5.41) is 7.54. The molecule has 162 valence electrons. The number of hydrogen-bond acceptors (Lipinski definition) is 3. The molecule has 0 aliphatic carbocycles. The van der Waals surface area contributed by atoms with E-state index in [9.17, 15) is 4.79 Å². The summed E-state index contributed by atoms with van der Waals surface area (Å²) >= 11 is 6.07. The Morgan fingerprint density at radius 3 is 2.80 bits per heavy atom. The maximum Gasteiger partial charge on any atom is 0.243 e. The zero-order chi connectivity index (χ0) is 20.6. The van der Waals surface area contributed by atoms with Crippen molar-refractivity contribution in [2.75, 3.05) is 33.8 Å². The summed E-state index contributed by atoms with van der Waals surface area (Å²) in [6.07, 6.45) is 1.63. The van der Waals surface area contributed by atoms with Crippen LogP contribution in [-0.4, -0.2) is 50.6 Å². The van der Waals surface area contributed by atoms with Crippen molar-refractivity contribution in [2.24, 2.45) is 4.99 Å². The molecule has 2 aromatic carbocycles. The fraction of sp³-hybridized carbons (Fsp3) is 0.364. The van der Waals surface area contributed by atoms with Crippen molar-refractivity contribution < 1.29 is 9.53 Å². The lowest BCUT2D eigenvalue weighted by Crippen LogP contribution is -2.42. The first-order valence-electron chi connectivity index (χ1n) is 9.74. The highest BCUT2D eigenvalue weighted by Gasteiger charge is 2.22. The van der Waals surface area contributed by atoms with E-state index in [0.717, 1.165) is 34.7 Å². The minimum absolute atomic E-state index is 0. The van der Waals surface area contributed by atoms with Crippen molar-refractivity contribution in [1.29, 1.82) is 0 Å². The van der Waals surface area contributed by atoms with Gasteiger partial charge < -0.3 is 20.3 Å². The normalized spacial score (nSPS) is 15.3. The Bertz CT molecular complexity index is 876. The van der Waals surface area contributed by atoms with Crippen LogP contribution in [0.2, 0.25) is 5.02 Å². The predicted molar refractivity (Wildman–Crippen MR) is 132 cm³/mol. The van der Waals surface area contributed by atoms with Gasteiger partial charge in [-0.15, -0.1) is 24.0 Å². The number of amides is 1. The number of likely N-dealkylation sites (N-methyl/N-ethyl adjacent to an activating group) is 1. The Morgan fingerprint density at radius 1 is 1.23 bits per heavy atom. The zero-order valence-corrected chi connectivity index (χ0v) is 20.3. The molecule has 1 atom stereocenters. The number of ether oxygens (including phenoxy) is 1. The van der Waals surface area contributed by atoms with Gasteiger partial charge in [0.05, 0.1) is 12.6 Å². The summed E-state index contributed by atoms with van der Waals surface area (Å²) < 4.78 is 5.74. The van der Waals surface area contributed by atoms with E-state index in [1.165, 1.54) is 4.90 Å². The third kappa shape index (κ3) is 7.05. The van der Waals surface area contributed by atoms with Crippen molar-refractivity contribution in [2.45, 2.75) is 18.9 Å². The summed E-state index contributed by atoms with van der Waals surface area (Å²) in [4.78, 5) is 18.0. The number of halogens is 2. The first-order chi connectivity index (χ1) is 14.0. The number of aliphatic imine (C=N–C) groups is 1. The number of nitrogens with one attached hydrogen (secondary N) is 2. The maximum atomic E-state index is 12.0. The van der Waals surface area contributed by atoms with Crippen LogP contribution in [0.3, 0.4) is 0 Å². The van der Waals surface area contributed by atoms with Gasteiger partial charge in [0.15, 0.2) is 5.96 Å². The van der Waals surface area contributed by atoms with Gasteiger partial charge >= 0.3 is 0 Å². The van der Waals surface area contributed by atoms with Gasteiger partial charge in [-0.3, -0.25) is 4.79 Å². The topological polar surface area (TPSA) is 66.0 Å². The molecule has 1 unspecified atom stereocenters. The number of fused-ring (bicyclic) bond motifs is 1. The minimum atomic E-state index is -0.0479. The van der Waals surface area contributed by atoms with Gasteiger partial charge in [0.25, 0.3) is 0 Å². The van der Waals surface area contributed by atoms with Crippen molar-refractivity contribution in [3.8, 4) is 5.75 Å². The number of nitrogens with zero attached hydrogens (tertiary/aromatic N) is 2. The molecular formula is C22H28ClIN4O2. The van der Waals surface area contributed by atoms with Gasteiger partial charge in [0.1, 0.15) is 12.3 Å². The third-order valence-corrected chi connectivity index (χ3v) is 4.97. The van der Waals surface area contributed by atoms with Crippen LogP contribution in [-0.2, 0) is 11.2 Å². The fourth-order valence-electron chi connectivity index (χ4n) is 3.12. The standard InChI is InChI=1S/C22H27ClN4O2.HI/c1-27(2)21(28)15-25-22(24-12-10-16-6-5-7-17(23)14-16)26-19-11-13-29-20-9-4-3-8-18(19)20;/h3-9,14,19H,10-13,15H2,1-2H3,(H2,24,25,26);1H. The molecular weight excluding hydrogens is 515 g/mol. The second kappa shape index (κ2) is 12.0. The van der Waals surface area contributed by atoms with Crippen molar-refractivity contribution in [3.63, 3.8) is 0 Å². The number of carbonyl (C=O) groups excluding carboxylic acids is 1. The molecule has 0 bridgehead atoms. The Hall–Kier alpha value is -2.00. The minimum Gasteiger partial charge on any atom is -0.493 e. The van der Waals surface area contributed by atoms with Crippen molar-refractivity contribution in [3.05, 3.63) is 64.7 Å². The van der Waals surface area contributed by atoms with Gasteiger partial charge in [-0.1, -0.05) is 41.9 Å². The predicted octanol–water partition coefficient (Wildman–Crippen LogP) is 3.65. The number of para-hydroxylation sites is 1. The molecule has 1 amide bonds. The van der Waals surface area contributed by atoms with Gasteiger partial charge in [0, 0.05) is 37.6 Å². The van der Waals surface area contributed by atoms with E-state index >= 15 is 0 Å². The second-order valence-electron chi connectivity index (χ2n) is 7.13. The van der Waals surface area contributed by atoms with Gasteiger partial charge in [-0.25, -0.2) is 4.99 Å². The molecule has 2 aromatic rings. The molecule has 3 rings (SSSR count). The molecule has 2 N–H and O–H groups in total. The fourth-order valence-corrected chi connectivity index (χ4v) is 3.33. The summed E-state index contributed by atoms with van der Waals surface area (Å²) in [6.45, 7) is 1.40. The number of hydrogen-bond donors (Lipinski definition) is 2. The molecule has 1 heterocycles. The van der Waals surface area contributed by atoms with Crippen LogP contribution in [0.4, 0.5) is 0 Å². The van der Waals surface area contributed by atoms with E-state index in [-0.39, 0.29) is 42.5 Å². The van der Waals surface area contributed by atoms with Crippen LogP contribution in [0.5, 0.6) is 5.75 Å². The molecule has 30 heavy (non-hydrogen) atoms. The highest BCUT2D eigenvalue weighted by molar-refractivity contribution is 14.0. The van der Waals surface area contributed by atoms with Crippen LogP contribution in [0.25, 0.3) is 0 Å². The van der Waals surface area contributed by atoms with Crippen molar-refractivity contribution in [1.82, 2.24) is 15.5 Å². The van der Waals surface area contributed by atoms with Crippen LogP contribution in [0, 0.1) is 0 Å². The molecule has 6 nitrogen and oxygen atoms in total. The lowest BCUT2D eigenvalue weighted by atomic mass is 10.0. The SMILES string of the molecule is CN(C)C(=O)CN=C(NCCc1cccc(Cl)c1)NC1CCOc2ccccc21.I. The van der Waals surface area contributed by atoms with E-state index in [0.29, 0.717) is 19.1 Å². The molecule has 1 aliphatic heterocycles. The highest BCUT2D eigenvalue weighted by atomic mass is 127. The average molecular weight is 543 g/mol. The summed E-state index contributed by atoms with van der Waals surface area (Å²) in [6, 6.07) is 15.9. The smallest absolute Gasteiger partial charge is 0.243 e. The van der Waals surface area contributed by atoms with Gasteiger partial charge in [0.2, 0.25) is 5.91 Å². The van der Waals surface area contributed by atoms with E-state index in [1.54, 1.807) is 14.1 Å². The Morgan fingerprint density at radius 2 is 2.03 bits per heavy atom. The van der Waals surface area contributed by atoms with Gasteiger partial charge in [-0.05, 0) is 30.2 Å². The lowest BCUT2D eigenvalue weighted by Gasteiger charge is -2.28. The van der Waals surface area contributed by atoms with Gasteiger partial charge in [-0.2, -0.15) is 0 Å². The number of guanidine groups is 1. The highest BCUT2D eigenvalue weighted by Crippen LogP contribution is 2.31. The molecule has 0 fully saturated rings. The summed E-state index contributed by atoms with van der Waals surface area (Å²) in [5.74, 6) is 1.45. The number of carbonyl (C=O) groups is 1. The molecule has 1 aliphatic rings. The Kier molecular flexibility index (Phi) is 9.71. The maximum absolute atomic E-state index is 12.0. The first kappa shape index (κ1) is 24.3. The van der Waals surface area contributed by atoms with E-state index < -0.39 is 0 Å². The monoisotopic (exact) mass is 542 g/mol. The summed E-state index contributed by atoms with van der Waals surface area (Å²) in [7, 11) is 3.46. The van der Waals surface area contributed by atoms with E-state index in [4.69, 9.17) is 16.3 Å². The Balaban J connectivity index is 0.00000320.